The Morgan fingerprint density at radius 2 is 1.62 bits per heavy atom. The Kier molecular flexibility index (Phi) is 8.88. The SMILES string of the molecule is COc1cc(C(=O)OC(=O)CC[C@@H](C)[C@H]2CC[C@H]3[C@@H]4CC[C@@H]5C[C@H](O)CC[C@]5(C)[C@H]4C[C@H](O)[C@]23C)cc(OC)c1OC. The summed E-state index contributed by atoms with van der Waals surface area (Å²) in [6.45, 7) is 6.93. The lowest BCUT2D eigenvalue weighted by Gasteiger charge is -2.62. The van der Waals surface area contributed by atoms with Crippen molar-refractivity contribution in [1.29, 1.82) is 0 Å². The molecule has 4 fully saturated rings. The molecule has 8 nitrogen and oxygen atoms in total. The van der Waals surface area contributed by atoms with Crippen LogP contribution in [0.25, 0.3) is 0 Å². The molecule has 0 aliphatic heterocycles. The molecule has 0 amide bonds. The Labute approximate surface area is 250 Å². The molecule has 0 saturated heterocycles. The molecule has 4 aliphatic carbocycles. The van der Waals surface area contributed by atoms with Crippen LogP contribution in [0.5, 0.6) is 17.2 Å². The highest BCUT2D eigenvalue weighted by Gasteiger charge is 2.63. The molecule has 1 aromatic rings. The third kappa shape index (κ3) is 5.21. The van der Waals surface area contributed by atoms with E-state index in [0.29, 0.717) is 53.3 Å². The van der Waals surface area contributed by atoms with Gasteiger partial charge in [-0.25, -0.2) is 4.79 Å². The Bertz CT molecular complexity index is 1140. The lowest BCUT2D eigenvalue weighted by molar-refractivity contribution is -0.175. The minimum Gasteiger partial charge on any atom is -0.493 e. The van der Waals surface area contributed by atoms with Crippen LogP contribution < -0.4 is 14.2 Å². The summed E-state index contributed by atoms with van der Waals surface area (Å²) < 4.78 is 21.1. The van der Waals surface area contributed by atoms with Gasteiger partial charge in [-0.2, -0.15) is 0 Å². The van der Waals surface area contributed by atoms with Crippen LogP contribution in [0.2, 0.25) is 0 Å². The van der Waals surface area contributed by atoms with E-state index < -0.39 is 11.9 Å². The van der Waals surface area contributed by atoms with Gasteiger partial charge < -0.3 is 29.2 Å². The van der Waals surface area contributed by atoms with E-state index in [1.807, 2.05) is 0 Å². The maximum absolute atomic E-state index is 12.8. The van der Waals surface area contributed by atoms with Gasteiger partial charge in [0.05, 0.1) is 39.1 Å². The highest BCUT2D eigenvalue weighted by atomic mass is 16.6. The first kappa shape index (κ1) is 31.1. The number of benzene rings is 1. The average molecular weight is 587 g/mol. The van der Waals surface area contributed by atoms with E-state index in [1.165, 1.54) is 46.3 Å². The molecular formula is C34H50O8. The standard InChI is InChI=1S/C34H50O8/c1-19(7-12-30(37)42-32(38)20-15-27(39-4)31(41-6)28(16-20)40-5)24-10-11-25-23-9-8-21-17-22(35)13-14-33(21,2)26(23)18-29(36)34(24,25)3/h15-16,19,21-26,29,35-36H,7-14,17-18H2,1-6H3/t19-,21-,22-,23+,24-,25+,26+,29+,33+,34-/m1/s1. The van der Waals surface area contributed by atoms with Crippen LogP contribution in [-0.2, 0) is 9.53 Å². The van der Waals surface area contributed by atoms with E-state index in [9.17, 15) is 19.8 Å². The first-order chi connectivity index (χ1) is 20.0. The molecule has 0 unspecified atom stereocenters. The lowest BCUT2D eigenvalue weighted by Crippen LogP contribution is -2.58. The fraction of sp³-hybridized carbons (Fsp3) is 0.765. The summed E-state index contributed by atoms with van der Waals surface area (Å²) in [5.41, 5.74) is 0.184. The number of aliphatic hydroxyl groups is 2. The van der Waals surface area contributed by atoms with Gasteiger partial charge in [0.1, 0.15) is 0 Å². The van der Waals surface area contributed by atoms with E-state index in [4.69, 9.17) is 18.9 Å². The molecule has 0 heterocycles. The van der Waals surface area contributed by atoms with Crippen molar-refractivity contribution in [3.63, 3.8) is 0 Å². The molecule has 0 radical (unpaired) electrons. The largest absolute Gasteiger partial charge is 0.493 e. The van der Waals surface area contributed by atoms with Gasteiger partial charge in [-0.05, 0) is 116 Å². The number of methoxy groups -OCH3 is 3. The minimum atomic E-state index is -0.757. The molecule has 4 saturated carbocycles. The zero-order valence-corrected chi connectivity index (χ0v) is 26.2. The fourth-order valence-corrected chi connectivity index (χ4v) is 10.1. The van der Waals surface area contributed by atoms with Gasteiger partial charge in [0.25, 0.3) is 0 Å². The topological polar surface area (TPSA) is 112 Å². The van der Waals surface area contributed by atoms with Crippen LogP contribution in [0.4, 0.5) is 0 Å². The Morgan fingerprint density at radius 1 is 0.929 bits per heavy atom. The second-order valence-electron chi connectivity index (χ2n) is 14.1. The summed E-state index contributed by atoms with van der Waals surface area (Å²) in [5.74, 6) is 2.37. The summed E-state index contributed by atoms with van der Waals surface area (Å²) in [4.78, 5) is 25.6. The van der Waals surface area contributed by atoms with E-state index in [2.05, 4.69) is 20.8 Å². The second kappa shape index (κ2) is 12.0. The summed E-state index contributed by atoms with van der Waals surface area (Å²) in [5, 5.41) is 22.1. The van der Waals surface area contributed by atoms with Crippen molar-refractivity contribution < 1.29 is 38.7 Å². The van der Waals surface area contributed by atoms with E-state index in [0.717, 1.165) is 38.5 Å². The first-order valence-corrected chi connectivity index (χ1v) is 15.9. The maximum atomic E-state index is 12.8. The molecule has 234 valence electrons. The third-order valence-corrected chi connectivity index (χ3v) is 12.4. The predicted octanol–water partition coefficient (Wildman–Crippen LogP) is 5.80. The quantitative estimate of drug-likeness (QED) is 0.290. The number of rotatable bonds is 8. The number of hydrogen-bond donors (Lipinski definition) is 2. The van der Waals surface area contributed by atoms with Gasteiger partial charge in [0.15, 0.2) is 11.5 Å². The van der Waals surface area contributed by atoms with Gasteiger partial charge in [0, 0.05) is 6.42 Å². The molecule has 10 atom stereocenters. The molecular weight excluding hydrogens is 536 g/mol. The zero-order chi connectivity index (χ0) is 30.4. The molecule has 8 heteroatoms. The van der Waals surface area contributed by atoms with Crippen molar-refractivity contribution in [3.05, 3.63) is 17.7 Å². The van der Waals surface area contributed by atoms with Crippen LogP contribution in [0.1, 0.15) is 95.3 Å². The number of hydrogen-bond acceptors (Lipinski definition) is 8. The van der Waals surface area contributed by atoms with E-state index in [-0.39, 0.29) is 40.9 Å². The molecule has 1 aromatic carbocycles. The van der Waals surface area contributed by atoms with Crippen LogP contribution in [-0.4, -0.2) is 55.7 Å². The fourth-order valence-electron chi connectivity index (χ4n) is 10.1. The second-order valence-corrected chi connectivity index (χ2v) is 14.1. The summed E-state index contributed by atoms with van der Waals surface area (Å²) in [7, 11) is 4.40. The van der Waals surface area contributed by atoms with Crippen LogP contribution in [0.15, 0.2) is 12.1 Å². The van der Waals surface area contributed by atoms with Crippen molar-refractivity contribution in [2.75, 3.05) is 21.3 Å². The summed E-state index contributed by atoms with van der Waals surface area (Å²) in [6, 6.07) is 2.94. The highest BCUT2D eigenvalue weighted by Crippen LogP contribution is 2.68. The molecule has 0 spiro atoms. The van der Waals surface area contributed by atoms with Gasteiger partial charge in [0.2, 0.25) is 5.75 Å². The monoisotopic (exact) mass is 586 g/mol. The van der Waals surface area contributed by atoms with Gasteiger partial charge in [-0.3, -0.25) is 4.79 Å². The number of aliphatic hydroxyl groups excluding tert-OH is 2. The molecule has 4 aliphatic rings. The maximum Gasteiger partial charge on any atom is 0.346 e. The molecule has 0 aromatic heterocycles. The van der Waals surface area contributed by atoms with Gasteiger partial charge in [-0.1, -0.05) is 20.8 Å². The van der Waals surface area contributed by atoms with Crippen LogP contribution in [0, 0.1) is 46.3 Å². The number of esters is 2. The summed E-state index contributed by atoms with van der Waals surface area (Å²) >= 11 is 0. The number of fused-ring (bicyclic) bond motifs is 5. The normalized spacial score (nSPS) is 38.0. The molecule has 5 rings (SSSR count). The zero-order valence-electron chi connectivity index (χ0n) is 26.2. The van der Waals surface area contributed by atoms with E-state index in [1.54, 1.807) is 0 Å². The van der Waals surface area contributed by atoms with E-state index >= 15 is 0 Å². The molecule has 0 bridgehead atoms. The number of carbonyl (C=O) groups excluding carboxylic acids is 2. The number of ether oxygens (including phenoxy) is 4. The first-order valence-electron chi connectivity index (χ1n) is 15.9. The van der Waals surface area contributed by atoms with Crippen molar-refractivity contribution in [2.45, 2.75) is 97.2 Å². The Morgan fingerprint density at radius 3 is 2.26 bits per heavy atom. The van der Waals surface area contributed by atoms with Gasteiger partial charge >= 0.3 is 11.9 Å². The average Bonchev–Trinajstić information content (AvgIpc) is 3.34. The number of carbonyl (C=O) groups is 2. The van der Waals surface area contributed by atoms with Crippen LogP contribution in [0.3, 0.4) is 0 Å². The molecule has 42 heavy (non-hydrogen) atoms. The Balaban J connectivity index is 1.22. The van der Waals surface area contributed by atoms with Gasteiger partial charge in [-0.15, -0.1) is 0 Å². The Hall–Kier alpha value is -2.32. The minimum absolute atomic E-state index is 0.138. The molecule has 2 N–H and O–H groups in total. The smallest absolute Gasteiger partial charge is 0.346 e. The predicted molar refractivity (Wildman–Crippen MR) is 158 cm³/mol. The van der Waals surface area contributed by atoms with Crippen LogP contribution >= 0.6 is 0 Å². The van der Waals surface area contributed by atoms with Crippen molar-refractivity contribution in [2.24, 2.45) is 46.3 Å². The summed E-state index contributed by atoms with van der Waals surface area (Å²) in [6.07, 6.45) is 8.46. The van der Waals surface area contributed by atoms with Crippen molar-refractivity contribution in [3.8, 4) is 17.2 Å². The third-order valence-electron chi connectivity index (χ3n) is 12.4. The highest BCUT2D eigenvalue weighted by molar-refractivity contribution is 5.97. The van der Waals surface area contributed by atoms with Crippen molar-refractivity contribution in [1.82, 2.24) is 0 Å². The lowest BCUT2D eigenvalue weighted by atomic mass is 9.43. The van der Waals surface area contributed by atoms with Crippen molar-refractivity contribution >= 4 is 11.9 Å².